The summed E-state index contributed by atoms with van der Waals surface area (Å²) in [6.07, 6.45) is 2.68. The van der Waals surface area contributed by atoms with Crippen molar-refractivity contribution in [1.29, 1.82) is 0 Å². The molecule has 2 amide bonds. The molecule has 1 aliphatic rings. The number of carbonyl (C=O) groups is 2. The monoisotopic (exact) mass is 435 g/mol. The maximum Gasteiger partial charge on any atom is 0.243 e. The standard InChI is InChI=1S/C26H33N3O3/c1-18(2)14-22-17-24(29-32-22)23(15-20-10-6-4-7-11-20)28-26(31)25(27-19(3)30)16-21-12-8-5-9-13-21/h4-13,18,22-23,25H,14-17H2,1-3H3,(H,27,30)(H,28,31)/t22?,23-,25-/m0/s1. The summed E-state index contributed by atoms with van der Waals surface area (Å²) >= 11 is 0. The van der Waals surface area contributed by atoms with Gasteiger partial charge < -0.3 is 15.5 Å². The fraction of sp³-hybridized carbons (Fsp3) is 0.423. The number of hydrogen-bond donors (Lipinski definition) is 2. The van der Waals surface area contributed by atoms with Crippen molar-refractivity contribution < 1.29 is 14.4 Å². The fourth-order valence-corrected chi connectivity index (χ4v) is 3.99. The van der Waals surface area contributed by atoms with Crippen LogP contribution in [0.5, 0.6) is 0 Å². The summed E-state index contributed by atoms with van der Waals surface area (Å²) in [4.78, 5) is 30.7. The average Bonchev–Trinajstić information content (AvgIpc) is 3.21. The summed E-state index contributed by atoms with van der Waals surface area (Å²) in [5.74, 6) is 0.0472. The van der Waals surface area contributed by atoms with Crippen LogP contribution >= 0.6 is 0 Å². The molecule has 0 fully saturated rings. The molecule has 170 valence electrons. The topological polar surface area (TPSA) is 79.8 Å². The summed E-state index contributed by atoms with van der Waals surface area (Å²) in [6.45, 7) is 5.75. The van der Waals surface area contributed by atoms with E-state index in [-0.39, 0.29) is 24.0 Å². The second-order valence-corrected chi connectivity index (χ2v) is 8.84. The van der Waals surface area contributed by atoms with Crippen molar-refractivity contribution in [2.75, 3.05) is 0 Å². The molecule has 2 aromatic rings. The van der Waals surface area contributed by atoms with E-state index < -0.39 is 6.04 Å². The first-order chi connectivity index (χ1) is 15.4. The molecule has 6 heteroatoms. The highest BCUT2D eigenvalue weighted by atomic mass is 16.6. The van der Waals surface area contributed by atoms with Gasteiger partial charge >= 0.3 is 0 Å². The molecule has 32 heavy (non-hydrogen) atoms. The van der Waals surface area contributed by atoms with Gasteiger partial charge in [0.2, 0.25) is 11.8 Å². The van der Waals surface area contributed by atoms with Crippen LogP contribution in [-0.2, 0) is 27.3 Å². The zero-order chi connectivity index (χ0) is 22.9. The van der Waals surface area contributed by atoms with Crippen LogP contribution < -0.4 is 10.6 Å². The van der Waals surface area contributed by atoms with Crippen LogP contribution in [0.25, 0.3) is 0 Å². The van der Waals surface area contributed by atoms with Gasteiger partial charge in [0.15, 0.2) is 0 Å². The lowest BCUT2D eigenvalue weighted by molar-refractivity contribution is -0.128. The SMILES string of the molecule is CC(=O)N[C@@H](Cc1ccccc1)C(=O)N[C@@H](Cc1ccccc1)C1=NOC(CC(C)C)C1. The fourth-order valence-electron chi connectivity index (χ4n) is 3.99. The highest BCUT2D eigenvalue weighted by molar-refractivity contribution is 5.96. The second-order valence-electron chi connectivity index (χ2n) is 8.84. The number of amides is 2. The molecule has 0 aliphatic carbocycles. The largest absolute Gasteiger partial charge is 0.392 e. The van der Waals surface area contributed by atoms with Gasteiger partial charge in [0.05, 0.1) is 11.8 Å². The lowest BCUT2D eigenvalue weighted by Crippen LogP contribution is -2.52. The molecule has 1 heterocycles. The predicted molar refractivity (Wildman–Crippen MR) is 126 cm³/mol. The first kappa shape index (κ1) is 23.5. The lowest BCUT2D eigenvalue weighted by Gasteiger charge is -2.23. The Morgan fingerprint density at radius 1 is 0.969 bits per heavy atom. The van der Waals surface area contributed by atoms with Gasteiger partial charge in [0, 0.05) is 19.8 Å². The molecule has 6 nitrogen and oxygen atoms in total. The van der Waals surface area contributed by atoms with Crippen molar-refractivity contribution in [3.63, 3.8) is 0 Å². The Morgan fingerprint density at radius 2 is 1.56 bits per heavy atom. The van der Waals surface area contributed by atoms with Crippen molar-refractivity contribution in [2.24, 2.45) is 11.1 Å². The van der Waals surface area contributed by atoms with Crippen LogP contribution in [0.1, 0.15) is 44.7 Å². The Kier molecular flexibility index (Phi) is 8.42. The molecule has 0 bridgehead atoms. The van der Waals surface area contributed by atoms with Gasteiger partial charge in [-0.05, 0) is 29.9 Å². The maximum absolute atomic E-state index is 13.3. The highest BCUT2D eigenvalue weighted by Crippen LogP contribution is 2.21. The Bertz CT molecular complexity index is 912. The zero-order valence-electron chi connectivity index (χ0n) is 19.1. The number of rotatable bonds is 10. The molecular formula is C26H33N3O3. The van der Waals surface area contributed by atoms with Crippen LogP contribution in [0, 0.1) is 5.92 Å². The highest BCUT2D eigenvalue weighted by Gasteiger charge is 2.31. The summed E-state index contributed by atoms with van der Waals surface area (Å²) in [5, 5.41) is 10.3. The number of nitrogens with one attached hydrogen (secondary N) is 2. The second kappa shape index (κ2) is 11.5. The Morgan fingerprint density at radius 3 is 2.12 bits per heavy atom. The van der Waals surface area contributed by atoms with E-state index in [1.807, 2.05) is 60.7 Å². The molecule has 0 aromatic heterocycles. The van der Waals surface area contributed by atoms with Crippen LogP contribution in [0.2, 0.25) is 0 Å². The first-order valence-electron chi connectivity index (χ1n) is 11.3. The van der Waals surface area contributed by atoms with Crippen molar-refractivity contribution >= 4 is 17.5 Å². The van der Waals surface area contributed by atoms with Gasteiger partial charge in [-0.1, -0.05) is 79.7 Å². The van der Waals surface area contributed by atoms with E-state index in [2.05, 4.69) is 29.6 Å². The van der Waals surface area contributed by atoms with E-state index in [0.29, 0.717) is 25.2 Å². The molecule has 3 atom stereocenters. The molecule has 1 aliphatic heterocycles. The van der Waals surface area contributed by atoms with E-state index in [1.165, 1.54) is 6.92 Å². The zero-order valence-corrected chi connectivity index (χ0v) is 19.1. The third kappa shape index (κ3) is 7.22. The molecule has 0 saturated carbocycles. The normalized spacial score (nSPS) is 17.2. The van der Waals surface area contributed by atoms with E-state index in [1.54, 1.807) is 0 Å². The summed E-state index contributed by atoms with van der Waals surface area (Å²) in [6, 6.07) is 18.7. The minimum Gasteiger partial charge on any atom is -0.392 e. The minimum atomic E-state index is -0.664. The van der Waals surface area contributed by atoms with E-state index >= 15 is 0 Å². The Hall–Kier alpha value is -3.15. The van der Waals surface area contributed by atoms with Crippen molar-refractivity contribution in [3.05, 3.63) is 71.8 Å². The predicted octanol–water partition coefficient (Wildman–Crippen LogP) is 3.65. The first-order valence-corrected chi connectivity index (χ1v) is 11.3. The van der Waals surface area contributed by atoms with Crippen LogP contribution in [-0.4, -0.2) is 35.7 Å². The molecule has 1 unspecified atom stereocenters. The summed E-state index contributed by atoms with van der Waals surface area (Å²) < 4.78 is 0. The number of benzene rings is 2. The average molecular weight is 436 g/mol. The summed E-state index contributed by atoms with van der Waals surface area (Å²) in [7, 11) is 0. The van der Waals surface area contributed by atoms with E-state index in [9.17, 15) is 9.59 Å². The summed E-state index contributed by atoms with van der Waals surface area (Å²) in [5.41, 5.74) is 2.93. The molecular weight excluding hydrogens is 402 g/mol. The Balaban J connectivity index is 1.75. The molecule has 3 rings (SSSR count). The Labute approximate surface area is 190 Å². The quantitative estimate of drug-likeness (QED) is 0.598. The van der Waals surface area contributed by atoms with Gasteiger partial charge in [-0.3, -0.25) is 9.59 Å². The minimum absolute atomic E-state index is 0.0376. The van der Waals surface area contributed by atoms with E-state index in [4.69, 9.17) is 4.84 Å². The molecule has 2 aromatic carbocycles. The van der Waals surface area contributed by atoms with Gasteiger partial charge in [-0.15, -0.1) is 0 Å². The number of hydrogen-bond acceptors (Lipinski definition) is 4. The maximum atomic E-state index is 13.3. The van der Waals surface area contributed by atoms with Crippen molar-refractivity contribution in [2.45, 2.75) is 64.6 Å². The van der Waals surface area contributed by atoms with Gasteiger partial charge in [-0.25, -0.2) is 0 Å². The molecule has 2 N–H and O–H groups in total. The third-order valence-electron chi connectivity index (χ3n) is 5.47. The number of nitrogens with zero attached hydrogens (tertiary/aromatic N) is 1. The van der Waals surface area contributed by atoms with Gasteiger partial charge in [0.25, 0.3) is 0 Å². The molecule has 0 saturated heterocycles. The molecule has 0 radical (unpaired) electrons. The lowest BCUT2D eigenvalue weighted by atomic mass is 9.95. The van der Waals surface area contributed by atoms with Crippen LogP contribution in [0.3, 0.4) is 0 Å². The number of oxime groups is 1. The van der Waals surface area contributed by atoms with Crippen LogP contribution in [0.4, 0.5) is 0 Å². The molecule has 0 spiro atoms. The number of carbonyl (C=O) groups excluding carboxylic acids is 2. The van der Waals surface area contributed by atoms with Gasteiger partial charge in [0.1, 0.15) is 12.1 Å². The van der Waals surface area contributed by atoms with Gasteiger partial charge in [-0.2, -0.15) is 0 Å². The van der Waals surface area contributed by atoms with Crippen molar-refractivity contribution in [3.8, 4) is 0 Å². The smallest absolute Gasteiger partial charge is 0.243 e. The van der Waals surface area contributed by atoms with E-state index in [0.717, 1.165) is 23.3 Å². The third-order valence-corrected chi connectivity index (χ3v) is 5.47. The van der Waals surface area contributed by atoms with Crippen molar-refractivity contribution in [1.82, 2.24) is 10.6 Å². The van der Waals surface area contributed by atoms with Crippen LogP contribution in [0.15, 0.2) is 65.8 Å².